The average Bonchev–Trinajstić information content (AvgIpc) is 2.48. The smallest absolute Gasteiger partial charge is 0.219 e. The molecule has 22 heavy (non-hydrogen) atoms. The molecule has 122 valence electrons. The Balaban J connectivity index is 2.64. The molecule has 0 saturated carbocycles. The fraction of sp³-hybridized carbons (Fsp3) is 0.529. The predicted octanol–water partition coefficient (Wildman–Crippen LogP) is 3.74. The number of amides is 1. The Morgan fingerprint density at radius 1 is 1.23 bits per heavy atom. The molecule has 3 nitrogen and oxygen atoms in total. The molecule has 0 unspecified atom stereocenters. The molecule has 1 rings (SSSR count). The molecule has 0 radical (unpaired) electrons. The first-order valence-corrected chi connectivity index (χ1v) is 12.7. The standard InChI is InChI=1S/C17H28N2OSSi/c1-6-16(20)18-12-11-14-7-9-15(10-8-14)17(21-2)19-13-22(3,4)5/h7-10H,6,11-13H2,1-5H3,(H,18,20). The molecule has 0 fully saturated rings. The molecule has 0 spiro atoms. The van der Waals surface area contributed by atoms with Crippen molar-refractivity contribution in [3.63, 3.8) is 0 Å². The van der Waals surface area contributed by atoms with E-state index in [-0.39, 0.29) is 5.91 Å². The molecule has 0 aliphatic rings. The summed E-state index contributed by atoms with van der Waals surface area (Å²) < 4.78 is 0. The zero-order valence-corrected chi connectivity index (χ0v) is 16.2. The lowest BCUT2D eigenvalue weighted by atomic mass is 10.1. The van der Waals surface area contributed by atoms with Crippen LogP contribution in [0.25, 0.3) is 0 Å². The van der Waals surface area contributed by atoms with Crippen molar-refractivity contribution in [1.29, 1.82) is 0 Å². The minimum Gasteiger partial charge on any atom is -0.356 e. The highest BCUT2D eigenvalue weighted by atomic mass is 32.2. The van der Waals surface area contributed by atoms with Crippen molar-refractivity contribution in [3.05, 3.63) is 35.4 Å². The Morgan fingerprint density at radius 2 is 1.86 bits per heavy atom. The van der Waals surface area contributed by atoms with E-state index in [1.807, 2.05) is 6.92 Å². The highest BCUT2D eigenvalue weighted by Crippen LogP contribution is 2.14. The van der Waals surface area contributed by atoms with Crippen LogP contribution >= 0.6 is 11.8 Å². The molecule has 0 heterocycles. The molecule has 0 aliphatic carbocycles. The van der Waals surface area contributed by atoms with Crippen molar-refractivity contribution >= 4 is 30.8 Å². The number of thioether (sulfide) groups is 1. The van der Waals surface area contributed by atoms with Crippen molar-refractivity contribution in [1.82, 2.24) is 5.32 Å². The van der Waals surface area contributed by atoms with Crippen LogP contribution in [-0.4, -0.2) is 38.0 Å². The number of carbonyl (C=O) groups is 1. The van der Waals surface area contributed by atoms with Gasteiger partial charge in [0.15, 0.2) is 0 Å². The minimum atomic E-state index is -1.15. The molecule has 0 aromatic heterocycles. The molecule has 1 amide bonds. The first-order chi connectivity index (χ1) is 10.4. The van der Waals surface area contributed by atoms with Gasteiger partial charge < -0.3 is 5.32 Å². The predicted molar refractivity (Wildman–Crippen MR) is 102 cm³/mol. The van der Waals surface area contributed by atoms with E-state index in [0.717, 1.165) is 17.6 Å². The average molecular weight is 337 g/mol. The van der Waals surface area contributed by atoms with Gasteiger partial charge in [-0.3, -0.25) is 9.79 Å². The number of carbonyl (C=O) groups excluding carboxylic acids is 1. The summed E-state index contributed by atoms with van der Waals surface area (Å²) in [5.41, 5.74) is 2.43. The SMILES string of the molecule is CCC(=O)NCCc1ccc(C(=NC[Si](C)(C)C)SC)cc1. The number of hydrogen-bond acceptors (Lipinski definition) is 3. The molecular formula is C17H28N2OSSi. The third-order valence-corrected chi connectivity index (χ3v) is 5.01. The van der Waals surface area contributed by atoms with Crippen LogP contribution in [0, 0.1) is 0 Å². The van der Waals surface area contributed by atoms with Crippen LogP contribution in [0.1, 0.15) is 24.5 Å². The zero-order chi connectivity index (χ0) is 16.6. The number of hydrogen-bond donors (Lipinski definition) is 1. The van der Waals surface area contributed by atoms with Gasteiger partial charge >= 0.3 is 0 Å². The summed E-state index contributed by atoms with van der Waals surface area (Å²) in [4.78, 5) is 16.0. The van der Waals surface area contributed by atoms with Crippen LogP contribution in [0.4, 0.5) is 0 Å². The number of rotatable bonds is 7. The molecule has 1 aromatic carbocycles. The molecule has 0 atom stereocenters. The molecule has 0 saturated heterocycles. The van der Waals surface area contributed by atoms with Crippen LogP contribution in [-0.2, 0) is 11.2 Å². The van der Waals surface area contributed by atoms with E-state index in [9.17, 15) is 4.79 Å². The summed E-state index contributed by atoms with van der Waals surface area (Å²) in [6, 6.07) is 8.54. The monoisotopic (exact) mass is 336 g/mol. The molecule has 0 aliphatic heterocycles. The fourth-order valence-corrected chi connectivity index (χ4v) is 3.18. The van der Waals surface area contributed by atoms with E-state index in [4.69, 9.17) is 4.99 Å². The fourth-order valence-electron chi connectivity index (χ4n) is 1.87. The van der Waals surface area contributed by atoms with E-state index < -0.39 is 8.07 Å². The number of benzene rings is 1. The maximum absolute atomic E-state index is 11.2. The Labute approximate surface area is 140 Å². The summed E-state index contributed by atoms with van der Waals surface area (Å²) in [5, 5.41) is 4.02. The van der Waals surface area contributed by atoms with Crippen LogP contribution in [0.3, 0.4) is 0 Å². The first-order valence-electron chi connectivity index (χ1n) is 7.80. The van der Waals surface area contributed by atoms with Crippen LogP contribution < -0.4 is 5.32 Å². The second-order valence-electron chi connectivity index (χ2n) is 6.54. The number of aliphatic imine (C=N–C) groups is 1. The Bertz CT molecular complexity index is 506. The van der Waals surface area contributed by atoms with Gasteiger partial charge in [-0.1, -0.05) is 50.8 Å². The largest absolute Gasteiger partial charge is 0.356 e. The molecule has 0 bridgehead atoms. The van der Waals surface area contributed by atoms with E-state index in [2.05, 4.69) is 55.5 Å². The number of nitrogens with one attached hydrogen (secondary N) is 1. The highest BCUT2D eigenvalue weighted by molar-refractivity contribution is 8.13. The van der Waals surface area contributed by atoms with Gasteiger partial charge in [0.2, 0.25) is 5.91 Å². The third-order valence-electron chi connectivity index (χ3n) is 3.15. The van der Waals surface area contributed by atoms with Crippen molar-refractivity contribution < 1.29 is 4.79 Å². The number of nitrogens with zero attached hydrogens (tertiary/aromatic N) is 1. The lowest BCUT2D eigenvalue weighted by molar-refractivity contribution is -0.120. The summed E-state index contributed by atoms with van der Waals surface area (Å²) in [5.74, 6) is 0.111. The van der Waals surface area contributed by atoms with Gasteiger partial charge in [-0.15, -0.1) is 11.8 Å². The van der Waals surface area contributed by atoms with Gasteiger partial charge in [0.1, 0.15) is 0 Å². The zero-order valence-electron chi connectivity index (χ0n) is 14.4. The van der Waals surface area contributed by atoms with E-state index >= 15 is 0 Å². The van der Waals surface area contributed by atoms with Gasteiger partial charge in [-0.2, -0.15) is 0 Å². The van der Waals surface area contributed by atoms with E-state index in [0.29, 0.717) is 13.0 Å². The van der Waals surface area contributed by atoms with Crippen molar-refractivity contribution in [3.8, 4) is 0 Å². The lowest BCUT2D eigenvalue weighted by Crippen LogP contribution is -2.25. The van der Waals surface area contributed by atoms with E-state index in [1.165, 1.54) is 11.1 Å². The molecular weight excluding hydrogens is 308 g/mol. The minimum absolute atomic E-state index is 0.111. The van der Waals surface area contributed by atoms with Gasteiger partial charge in [-0.05, 0) is 18.2 Å². The van der Waals surface area contributed by atoms with Crippen LogP contribution in [0.2, 0.25) is 19.6 Å². The van der Waals surface area contributed by atoms with Crippen molar-refractivity contribution in [2.45, 2.75) is 39.4 Å². The quantitative estimate of drug-likeness (QED) is 0.468. The lowest BCUT2D eigenvalue weighted by Gasteiger charge is -2.13. The molecule has 1 aromatic rings. The topological polar surface area (TPSA) is 41.5 Å². The normalized spacial score (nSPS) is 12.3. The third kappa shape index (κ3) is 7.27. The van der Waals surface area contributed by atoms with Crippen molar-refractivity contribution in [2.24, 2.45) is 4.99 Å². The van der Waals surface area contributed by atoms with E-state index in [1.54, 1.807) is 11.8 Å². The van der Waals surface area contributed by atoms with Gasteiger partial charge in [0.05, 0.1) is 13.1 Å². The van der Waals surface area contributed by atoms with Crippen LogP contribution in [0.15, 0.2) is 29.3 Å². The second-order valence-corrected chi connectivity index (χ2v) is 12.8. The molecule has 1 N–H and O–H groups in total. The maximum atomic E-state index is 11.2. The Hall–Kier alpha value is -1.07. The van der Waals surface area contributed by atoms with Crippen LogP contribution in [0.5, 0.6) is 0 Å². The van der Waals surface area contributed by atoms with Gasteiger partial charge in [0.25, 0.3) is 0 Å². The van der Waals surface area contributed by atoms with Gasteiger partial charge in [0, 0.05) is 24.7 Å². The second kappa shape index (κ2) is 9.15. The first kappa shape index (κ1) is 19.0. The summed E-state index contributed by atoms with van der Waals surface area (Å²) in [6.45, 7) is 9.57. The molecule has 5 heteroatoms. The maximum Gasteiger partial charge on any atom is 0.219 e. The summed E-state index contributed by atoms with van der Waals surface area (Å²) in [7, 11) is -1.15. The highest BCUT2D eigenvalue weighted by Gasteiger charge is 2.13. The van der Waals surface area contributed by atoms with Crippen molar-refractivity contribution in [2.75, 3.05) is 19.0 Å². The summed E-state index contributed by atoms with van der Waals surface area (Å²) in [6.07, 6.45) is 4.46. The summed E-state index contributed by atoms with van der Waals surface area (Å²) >= 11 is 1.71. The Kier molecular flexibility index (Phi) is 7.89. The van der Waals surface area contributed by atoms with Gasteiger partial charge in [-0.25, -0.2) is 0 Å². The Morgan fingerprint density at radius 3 is 2.36 bits per heavy atom.